The minimum absolute atomic E-state index is 0.00963. The summed E-state index contributed by atoms with van der Waals surface area (Å²) in [6.07, 6.45) is 5.24. The van der Waals surface area contributed by atoms with Crippen LogP contribution in [0.4, 0.5) is 5.69 Å². The Hall–Kier alpha value is -1.88. The molecular weight excluding hydrogens is 288 g/mol. The third-order valence-electron chi connectivity index (χ3n) is 4.41. The van der Waals surface area contributed by atoms with E-state index in [-0.39, 0.29) is 6.04 Å². The Morgan fingerprint density at radius 1 is 1.13 bits per heavy atom. The highest BCUT2D eigenvalue weighted by molar-refractivity contribution is 5.45. The second kappa shape index (κ2) is 7.59. The number of anilines is 1. The van der Waals surface area contributed by atoms with Crippen LogP contribution in [0.15, 0.2) is 28.7 Å². The van der Waals surface area contributed by atoms with Crippen molar-refractivity contribution in [3.8, 4) is 0 Å². The van der Waals surface area contributed by atoms with Crippen molar-refractivity contribution >= 4 is 5.69 Å². The smallest absolute Gasteiger partial charge is 0.238 e. The molecule has 1 atom stereocenters. The molecular formula is C18H26N4O. The van der Waals surface area contributed by atoms with Crippen molar-refractivity contribution in [2.75, 3.05) is 25.0 Å². The van der Waals surface area contributed by atoms with Crippen LogP contribution in [0.1, 0.15) is 49.6 Å². The van der Waals surface area contributed by atoms with E-state index in [2.05, 4.69) is 44.7 Å². The molecule has 3 rings (SSSR count). The Morgan fingerprint density at radius 2 is 1.87 bits per heavy atom. The van der Waals surface area contributed by atoms with Crippen molar-refractivity contribution in [1.29, 1.82) is 0 Å². The molecule has 1 aromatic carbocycles. The number of piperidine rings is 1. The van der Waals surface area contributed by atoms with E-state index in [1.165, 1.54) is 44.5 Å². The van der Waals surface area contributed by atoms with Gasteiger partial charge in [0.05, 0.1) is 0 Å². The molecule has 5 heteroatoms. The lowest BCUT2D eigenvalue weighted by Crippen LogP contribution is -2.31. The summed E-state index contributed by atoms with van der Waals surface area (Å²) in [5.74, 6) is 1.22. The van der Waals surface area contributed by atoms with Crippen LogP contribution in [-0.2, 0) is 6.42 Å². The quantitative estimate of drug-likeness (QED) is 0.883. The summed E-state index contributed by atoms with van der Waals surface area (Å²) in [5, 5.41) is 11.3. The molecule has 0 amide bonds. The Balaban J connectivity index is 1.50. The first-order valence-corrected chi connectivity index (χ1v) is 8.58. The normalized spacial score (nSPS) is 17.1. The molecule has 1 N–H and O–H groups in total. The van der Waals surface area contributed by atoms with Gasteiger partial charge in [-0.3, -0.25) is 0 Å². The maximum absolute atomic E-state index is 5.46. The first kappa shape index (κ1) is 16.0. The third-order valence-corrected chi connectivity index (χ3v) is 4.41. The first-order chi connectivity index (χ1) is 11.2. The Bertz CT molecular complexity index is 602. The van der Waals surface area contributed by atoms with Gasteiger partial charge in [-0.15, -0.1) is 10.2 Å². The van der Waals surface area contributed by atoms with E-state index >= 15 is 0 Å². The average Bonchev–Trinajstić information content (AvgIpc) is 3.02. The topological polar surface area (TPSA) is 54.2 Å². The summed E-state index contributed by atoms with van der Waals surface area (Å²) >= 11 is 0. The molecule has 23 heavy (non-hydrogen) atoms. The van der Waals surface area contributed by atoms with Gasteiger partial charge in [-0.05, 0) is 57.0 Å². The second-order valence-electron chi connectivity index (χ2n) is 6.37. The van der Waals surface area contributed by atoms with Crippen molar-refractivity contribution in [3.63, 3.8) is 0 Å². The summed E-state index contributed by atoms with van der Waals surface area (Å²) in [7, 11) is 0. The maximum atomic E-state index is 5.46. The standard InChI is InChI=1S/C18H26N4O/c1-14(18-21-20-15(2)23-18)19-17-8-6-16(7-9-17)10-13-22-11-4-3-5-12-22/h6-9,14,19H,3-5,10-13H2,1-2H3/t14-/m1/s1. The highest BCUT2D eigenvalue weighted by Crippen LogP contribution is 2.19. The van der Waals surface area contributed by atoms with Gasteiger partial charge in [0.15, 0.2) is 0 Å². The number of nitrogens with zero attached hydrogens (tertiary/aromatic N) is 3. The van der Waals surface area contributed by atoms with Gasteiger partial charge in [0, 0.05) is 19.2 Å². The zero-order chi connectivity index (χ0) is 16.1. The van der Waals surface area contributed by atoms with E-state index in [1.807, 2.05) is 6.92 Å². The maximum Gasteiger partial charge on any atom is 0.238 e. The Morgan fingerprint density at radius 3 is 2.52 bits per heavy atom. The molecule has 0 bridgehead atoms. The predicted octanol–water partition coefficient (Wildman–Crippen LogP) is 3.58. The largest absolute Gasteiger partial charge is 0.423 e. The lowest BCUT2D eigenvalue weighted by Gasteiger charge is -2.26. The molecule has 1 fully saturated rings. The molecule has 2 aromatic rings. The highest BCUT2D eigenvalue weighted by atomic mass is 16.4. The molecule has 5 nitrogen and oxygen atoms in total. The number of rotatable bonds is 6. The SMILES string of the molecule is Cc1nnc([C@@H](C)Nc2ccc(CCN3CCCCC3)cc2)o1. The molecule has 1 saturated heterocycles. The number of nitrogens with one attached hydrogen (secondary N) is 1. The number of aromatic nitrogens is 2. The summed E-state index contributed by atoms with van der Waals surface area (Å²) in [5.41, 5.74) is 2.47. The van der Waals surface area contributed by atoms with Crippen LogP contribution in [0, 0.1) is 6.92 Å². The van der Waals surface area contributed by atoms with Gasteiger partial charge < -0.3 is 14.6 Å². The Labute approximate surface area is 138 Å². The first-order valence-electron chi connectivity index (χ1n) is 8.58. The zero-order valence-corrected chi connectivity index (χ0v) is 14.1. The van der Waals surface area contributed by atoms with Gasteiger partial charge in [0.1, 0.15) is 6.04 Å². The molecule has 124 valence electrons. The van der Waals surface area contributed by atoms with Crippen LogP contribution in [0.5, 0.6) is 0 Å². The Kier molecular flexibility index (Phi) is 5.28. The van der Waals surface area contributed by atoms with Gasteiger partial charge >= 0.3 is 0 Å². The number of likely N-dealkylation sites (tertiary alicyclic amines) is 1. The molecule has 2 heterocycles. The van der Waals surface area contributed by atoms with Gasteiger partial charge in [-0.2, -0.15) is 0 Å². The lowest BCUT2D eigenvalue weighted by atomic mass is 10.1. The van der Waals surface area contributed by atoms with Crippen molar-refractivity contribution in [1.82, 2.24) is 15.1 Å². The number of benzene rings is 1. The predicted molar refractivity (Wildman–Crippen MR) is 91.5 cm³/mol. The molecule has 0 spiro atoms. The summed E-state index contributed by atoms with van der Waals surface area (Å²) in [6, 6.07) is 8.68. The lowest BCUT2D eigenvalue weighted by molar-refractivity contribution is 0.231. The van der Waals surface area contributed by atoms with E-state index in [4.69, 9.17) is 4.42 Å². The van der Waals surface area contributed by atoms with Crippen LogP contribution in [0.25, 0.3) is 0 Å². The van der Waals surface area contributed by atoms with Crippen molar-refractivity contribution in [2.24, 2.45) is 0 Å². The molecule has 0 unspecified atom stereocenters. The zero-order valence-electron chi connectivity index (χ0n) is 14.1. The van der Waals surface area contributed by atoms with E-state index in [1.54, 1.807) is 6.92 Å². The monoisotopic (exact) mass is 314 g/mol. The molecule has 1 aromatic heterocycles. The summed E-state index contributed by atoms with van der Waals surface area (Å²) in [4.78, 5) is 2.58. The fourth-order valence-corrected chi connectivity index (χ4v) is 3.04. The van der Waals surface area contributed by atoms with Crippen LogP contribution in [0.3, 0.4) is 0 Å². The van der Waals surface area contributed by atoms with Crippen LogP contribution < -0.4 is 5.32 Å². The van der Waals surface area contributed by atoms with E-state index in [0.29, 0.717) is 11.8 Å². The van der Waals surface area contributed by atoms with Gasteiger partial charge in [0.25, 0.3) is 0 Å². The van der Waals surface area contributed by atoms with Gasteiger partial charge in [-0.25, -0.2) is 0 Å². The average molecular weight is 314 g/mol. The summed E-state index contributed by atoms with van der Waals surface area (Å²) in [6.45, 7) is 7.53. The van der Waals surface area contributed by atoms with Gasteiger partial charge in [-0.1, -0.05) is 18.6 Å². The molecule has 1 aliphatic rings. The second-order valence-corrected chi connectivity index (χ2v) is 6.37. The van der Waals surface area contributed by atoms with E-state index in [9.17, 15) is 0 Å². The molecule has 0 aliphatic carbocycles. The van der Waals surface area contributed by atoms with Crippen LogP contribution in [0.2, 0.25) is 0 Å². The number of hydrogen-bond donors (Lipinski definition) is 1. The van der Waals surface area contributed by atoms with Crippen LogP contribution >= 0.6 is 0 Å². The highest BCUT2D eigenvalue weighted by Gasteiger charge is 2.12. The minimum Gasteiger partial charge on any atom is -0.423 e. The molecule has 0 saturated carbocycles. The molecule has 1 aliphatic heterocycles. The fourth-order valence-electron chi connectivity index (χ4n) is 3.04. The van der Waals surface area contributed by atoms with E-state index < -0.39 is 0 Å². The third kappa shape index (κ3) is 4.55. The van der Waals surface area contributed by atoms with E-state index in [0.717, 1.165) is 12.1 Å². The van der Waals surface area contributed by atoms with Gasteiger partial charge in [0.2, 0.25) is 11.8 Å². The molecule has 0 radical (unpaired) electrons. The van der Waals surface area contributed by atoms with Crippen LogP contribution in [-0.4, -0.2) is 34.7 Å². The number of hydrogen-bond acceptors (Lipinski definition) is 5. The van der Waals surface area contributed by atoms with Crippen molar-refractivity contribution in [3.05, 3.63) is 41.6 Å². The minimum atomic E-state index is 0.00963. The summed E-state index contributed by atoms with van der Waals surface area (Å²) < 4.78 is 5.46. The number of aryl methyl sites for hydroxylation is 1. The van der Waals surface area contributed by atoms with Crippen molar-refractivity contribution in [2.45, 2.75) is 45.6 Å². The van der Waals surface area contributed by atoms with Crippen molar-refractivity contribution < 1.29 is 4.42 Å². The fraction of sp³-hybridized carbons (Fsp3) is 0.556.